The van der Waals surface area contributed by atoms with Crippen LogP contribution in [-0.2, 0) is 0 Å². The smallest absolute Gasteiger partial charge is 0.125 e. The minimum absolute atomic E-state index is 0.372. The second-order valence-corrected chi connectivity index (χ2v) is 4.30. The largest absolute Gasteiger partial charge is 0.399 e. The molecule has 0 saturated carbocycles. The molecule has 17 heavy (non-hydrogen) atoms. The normalized spacial score (nSPS) is 10.3. The topological polar surface area (TPSA) is 38.0 Å². The van der Waals surface area contributed by atoms with E-state index in [0.717, 1.165) is 0 Å². The third-order valence-electron chi connectivity index (χ3n) is 2.19. The van der Waals surface area contributed by atoms with E-state index in [1.165, 1.54) is 18.2 Å². The van der Waals surface area contributed by atoms with Crippen molar-refractivity contribution in [3.63, 3.8) is 0 Å². The standard InChI is InChI=1S/C12H9Cl2FN2/c13-9-3-1-7(15)5-12(9)17-11-4-2-8(16)6-10(11)14/h1-6,17H,16H2. The Bertz CT molecular complexity index is 558. The Labute approximate surface area is 108 Å². The molecule has 5 heteroatoms. The van der Waals surface area contributed by atoms with E-state index in [0.29, 0.717) is 27.1 Å². The quantitative estimate of drug-likeness (QED) is 0.791. The van der Waals surface area contributed by atoms with Crippen LogP contribution in [0.2, 0.25) is 10.0 Å². The van der Waals surface area contributed by atoms with Crippen molar-refractivity contribution < 1.29 is 4.39 Å². The van der Waals surface area contributed by atoms with Crippen LogP contribution in [0.3, 0.4) is 0 Å². The molecule has 0 saturated heterocycles. The van der Waals surface area contributed by atoms with E-state index in [9.17, 15) is 4.39 Å². The Morgan fingerprint density at radius 2 is 1.71 bits per heavy atom. The van der Waals surface area contributed by atoms with E-state index >= 15 is 0 Å². The lowest BCUT2D eigenvalue weighted by Gasteiger charge is -2.10. The molecule has 0 bridgehead atoms. The molecule has 0 fully saturated rings. The highest BCUT2D eigenvalue weighted by atomic mass is 35.5. The molecule has 0 spiro atoms. The van der Waals surface area contributed by atoms with Crippen molar-refractivity contribution in [2.24, 2.45) is 0 Å². The maximum absolute atomic E-state index is 13.1. The third kappa shape index (κ3) is 2.81. The Morgan fingerprint density at radius 3 is 2.41 bits per heavy atom. The van der Waals surface area contributed by atoms with Gasteiger partial charge in [0.2, 0.25) is 0 Å². The van der Waals surface area contributed by atoms with Crippen LogP contribution in [0.1, 0.15) is 0 Å². The highest BCUT2D eigenvalue weighted by Crippen LogP contribution is 2.31. The summed E-state index contributed by atoms with van der Waals surface area (Å²) >= 11 is 11.9. The number of benzene rings is 2. The van der Waals surface area contributed by atoms with Gasteiger partial charge in [-0.05, 0) is 36.4 Å². The first-order valence-electron chi connectivity index (χ1n) is 4.83. The van der Waals surface area contributed by atoms with E-state index in [-0.39, 0.29) is 5.82 Å². The van der Waals surface area contributed by atoms with Gasteiger partial charge in [-0.2, -0.15) is 0 Å². The fourth-order valence-electron chi connectivity index (χ4n) is 1.37. The highest BCUT2D eigenvalue weighted by molar-refractivity contribution is 6.35. The first kappa shape index (κ1) is 12.0. The van der Waals surface area contributed by atoms with Gasteiger partial charge in [-0.15, -0.1) is 0 Å². The van der Waals surface area contributed by atoms with Crippen LogP contribution >= 0.6 is 23.2 Å². The summed E-state index contributed by atoms with van der Waals surface area (Å²) < 4.78 is 13.1. The first-order valence-corrected chi connectivity index (χ1v) is 5.59. The van der Waals surface area contributed by atoms with Gasteiger partial charge in [0.05, 0.1) is 21.4 Å². The highest BCUT2D eigenvalue weighted by Gasteiger charge is 2.05. The van der Waals surface area contributed by atoms with Crippen molar-refractivity contribution in [3.05, 3.63) is 52.3 Å². The lowest BCUT2D eigenvalue weighted by atomic mass is 10.2. The molecule has 0 aliphatic heterocycles. The summed E-state index contributed by atoms with van der Waals surface area (Å²) in [6.07, 6.45) is 0. The molecule has 2 aromatic carbocycles. The van der Waals surface area contributed by atoms with Crippen LogP contribution in [0.5, 0.6) is 0 Å². The Kier molecular flexibility index (Phi) is 3.41. The fraction of sp³-hybridized carbons (Fsp3) is 0. The molecule has 0 aliphatic rings. The van der Waals surface area contributed by atoms with E-state index in [1.807, 2.05) is 0 Å². The van der Waals surface area contributed by atoms with Crippen molar-refractivity contribution >= 4 is 40.3 Å². The molecule has 2 nitrogen and oxygen atoms in total. The van der Waals surface area contributed by atoms with Gasteiger partial charge in [0, 0.05) is 5.69 Å². The number of anilines is 3. The van der Waals surface area contributed by atoms with Crippen molar-refractivity contribution in [3.8, 4) is 0 Å². The first-order chi connectivity index (χ1) is 8.06. The number of rotatable bonds is 2. The van der Waals surface area contributed by atoms with Crippen molar-refractivity contribution in [1.29, 1.82) is 0 Å². The maximum atomic E-state index is 13.1. The van der Waals surface area contributed by atoms with Crippen LogP contribution in [0.25, 0.3) is 0 Å². The van der Waals surface area contributed by atoms with Crippen molar-refractivity contribution in [2.45, 2.75) is 0 Å². The minimum atomic E-state index is -0.372. The number of nitrogens with two attached hydrogens (primary N) is 1. The molecule has 0 atom stereocenters. The molecule has 0 amide bonds. The van der Waals surface area contributed by atoms with Gasteiger partial charge in [-0.25, -0.2) is 4.39 Å². The van der Waals surface area contributed by atoms with Crippen LogP contribution in [0.15, 0.2) is 36.4 Å². The number of hydrogen-bond donors (Lipinski definition) is 2. The minimum Gasteiger partial charge on any atom is -0.399 e. The van der Waals surface area contributed by atoms with Crippen LogP contribution in [-0.4, -0.2) is 0 Å². The van der Waals surface area contributed by atoms with E-state index in [2.05, 4.69) is 5.32 Å². The Hall–Kier alpha value is -1.45. The van der Waals surface area contributed by atoms with Crippen LogP contribution < -0.4 is 11.1 Å². The van der Waals surface area contributed by atoms with Crippen LogP contribution in [0.4, 0.5) is 21.5 Å². The van der Waals surface area contributed by atoms with Gasteiger partial charge >= 0.3 is 0 Å². The molecule has 0 unspecified atom stereocenters. The second kappa shape index (κ2) is 4.82. The predicted octanol–water partition coefficient (Wildman–Crippen LogP) is 4.46. The molecule has 3 N–H and O–H groups in total. The lowest BCUT2D eigenvalue weighted by molar-refractivity contribution is 0.628. The summed E-state index contributed by atoms with van der Waals surface area (Å²) in [6, 6.07) is 9.08. The number of nitrogens with one attached hydrogen (secondary N) is 1. The molecule has 0 radical (unpaired) electrons. The van der Waals surface area contributed by atoms with E-state index in [1.54, 1.807) is 18.2 Å². The zero-order valence-corrected chi connectivity index (χ0v) is 10.2. The van der Waals surface area contributed by atoms with E-state index in [4.69, 9.17) is 28.9 Å². The number of nitrogen functional groups attached to an aromatic ring is 1. The van der Waals surface area contributed by atoms with Crippen LogP contribution in [0, 0.1) is 5.82 Å². The van der Waals surface area contributed by atoms with Gasteiger partial charge in [0.25, 0.3) is 0 Å². The maximum Gasteiger partial charge on any atom is 0.125 e. The van der Waals surface area contributed by atoms with Gasteiger partial charge < -0.3 is 11.1 Å². The molecule has 0 aromatic heterocycles. The Morgan fingerprint density at radius 1 is 0.941 bits per heavy atom. The molecular formula is C12H9Cl2FN2. The number of halogens is 3. The summed E-state index contributed by atoms with van der Waals surface area (Å²) in [5, 5.41) is 3.81. The average Bonchev–Trinajstić information content (AvgIpc) is 2.27. The zero-order valence-electron chi connectivity index (χ0n) is 8.68. The Balaban J connectivity index is 2.34. The summed E-state index contributed by atoms with van der Waals surface area (Å²) in [5.41, 5.74) is 7.21. The molecule has 88 valence electrons. The second-order valence-electron chi connectivity index (χ2n) is 3.49. The van der Waals surface area contributed by atoms with Crippen molar-refractivity contribution in [1.82, 2.24) is 0 Å². The van der Waals surface area contributed by atoms with Gasteiger partial charge in [0.1, 0.15) is 5.82 Å². The summed E-state index contributed by atoms with van der Waals surface area (Å²) in [5.74, 6) is -0.372. The average molecular weight is 271 g/mol. The van der Waals surface area contributed by atoms with Gasteiger partial charge in [-0.3, -0.25) is 0 Å². The predicted molar refractivity (Wildman–Crippen MR) is 70.6 cm³/mol. The SMILES string of the molecule is Nc1ccc(Nc2cc(F)ccc2Cl)c(Cl)c1. The summed E-state index contributed by atoms with van der Waals surface area (Å²) in [6.45, 7) is 0. The van der Waals surface area contributed by atoms with Crippen molar-refractivity contribution in [2.75, 3.05) is 11.1 Å². The molecule has 2 rings (SSSR count). The van der Waals surface area contributed by atoms with Gasteiger partial charge in [0.15, 0.2) is 0 Å². The molecule has 0 heterocycles. The number of hydrogen-bond acceptors (Lipinski definition) is 2. The molecule has 0 aliphatic carbocycles. The zero-order chi connectivity index (χ0) is 12.4. The third-order valence-corrected chi connectivity index (χ3v) is 2.83. The molecule has 2 aromatic rings. The van der Waals surface area contributed by atoms with E-state index < -0.39 is 0 Å². The summed E-state index contributed by atoms with van der Waals surface area (Å²) in [7, 11) is 0. The monoisotopic (exact) mass is 270 g/mol. The van der Waals surface area contributed by atoms with Gasteiger partial charge in [-0.1, -0.05) is 23.2 Å². The lowest BCUT2D eigenvalue weighted by Crippen LogP contribution is -1.94. The summed E-state index contributed by atoms with van der Waals surface area (Å²) in [4.78, 5) is 0. The fourth-order valence-corrected chi connectivity index (χ4v) is 1.77. The molecular weight excluding hydrogens is 262 g/mol.